The Hall–Kier alpha value is -0.0800. The number of ether oxygens (including phenoxy) is 1. The molecular formula is C11H25NO. The lowest BCUT2D eigenvalue weighted by atomic mass is 10.2. The predicted molar refractivity (Wildman–Crippen MR) is 58.1 cm³/mol. The van der Waals surface area contributed by atoms with E-state index in [4.69, 9.17) is 4.74 Å². The maximum absolute atomic E-state index is 5.48. The number of hydrogen-bond donors (Lipinski definition) is 0. The number of nitrogens with zero attached hydrogens (tertiary/aromatic N) is 1. The normalized spacial score (nSPS) is 11.1. The highest BCUT2D eigenvalue weighted by Gasteiger charge is 1.91. The lowest BCUT2D eigenvalue weighted by Gasteiger charge is -2.09. The van der Waals surface area contributed by atoms with E-state index in [9.17, 15) is 0 Å². The molecule has 0 unspecified atom stereocenters. The van der Waals surface area contributed by atoms with Crippen LogP contribution in [-0.4, -0.2) is 38.8 Å². The van der Waals surface area contributed by atoms with Gasteiger partial charge in [0.25, 0.3) is 0 Å². The van der Waals surface area contributed by atoms with Gasteiger partial charge in [-0.05, 0) is 20.5 Å². The van der Waals surface area contributed by atoms with Crippen molar-refractivity contribution in [3.63, 3.8) is 0 Å². The van der Waals surface area contributed by atoms with E-state index in [1.165, 1.54) is 32.1 Å². The van der Waals surface area contributed by atoms with E-state index in [1.54, 1.807) is 0 Å². The first-order chi connectivity index (χ1) is 6.27. The standard InChI is InChI=1S/C11H25NO/c1-4-5-6-7-8-10-13-11-9-12(2)3/h4-11H2,1-3H3. The Morgan fingerprint density at radius 1 is 0.923 bits per heavy atom. The molecule has 0 saturated carbocycles. The van der Waals surface area contributed by atoms with Gasteiger partial charge in [-0.3, -0.25) is 0 Å². The smallest absolute Gasteiger partial charge is 0.0593 e. The summed E-state index contributed by atoms with van der Waals surface area (Å²) < 4.78 is 5.48. The first-order valence-corrected chi connectivity index (χ1v) is 5.50. The highest BCUT2D eigenvalue weighted by Crippen LogP contribution is 2.01. The molecule has 0 aliphatic rings. The topological polar surface area (TPSA) is 12.5 Å². The molecule has 0 aromatic heterocycles. The molecule has 0 bridgehead atoms. The summed E-state index contributed by atoms with van der Waals surface area (Å²) >= 11 is 0. The first-order valence-electron chi connectivity index (χ1n) is 5.50. The van der Waals surface area contributed by atoms with E-state index < -0.39 is 0 Å². The largest absolute Gasteiger partial charge is 0.380 e. The van der Waals surface area contributed by atoms with Crippen LogP contribution in [-0.2, 0) is 4.74 Å². The minimum atomic E-state index is 0.876. The number of hydrogen-bond acceptors (Lipinski definition) is 2. The van der Waals surface area contributed by atoms with E-state index in [2.05, 4.69) is 25.9 Å². The fraction of sp³-hybridized carbons (Fsp3) is 1.00. The number of rotatable bonds is 9. The number of likely N-dealkylation sites (N-methyl/N-ethyl adjacent to an activating group) is 1. The second kappa shape index (κ2) is 10.0. The van der Waals surface area contributed by atoms with Crippen molar-refractivity contribution in [1.29, 1.82) is 0 Å². The molecule has 0 aliphatic heterocycles. The Morgan fingerprint density at radius 3 is 2.23 bits per heavy atom. The van der Waals surface area contributed by atoms with Crippen LogP contribution >= 0.6 is 0 Å². The molecular weight excluding hydrogens is 162 g/mol. The van der Waals surface area contributed by atoms with Gasteiger partial charge in [-0.15, -0.1) is 0 Å². The summed E-state index contributed by atoms with van der Waals surface area (Å²) in [6.07, 6.45) is 6.62. The van der Waals surface area contributed by atoms with Crippen LogP contribution in [0.5, 0.6) is 0 Å². The second-order valence-corrected chi connectivity index (χ2v) is 3.83. The zero-order chi connectivity index (χ0) is 9.94. The van der Waals surface area contributed by atoms with Gasteiger partial charge in [-0.1, -0.05) is 32.6 Å². The van der Waals surface area contributed by atoms with Crippen LogP contribution in [0.3, 0.4) is 0 Å². The third kappa shape index (κ3) is 11.9. The van der Waals surface area contributed by atoms with E-state index >= 15 is 0 Å². The molecule has 0 spiro atoms. The molecule has 2 heteroatoms. The summed E-state index contributed by atoms with van der Waals surface area (Å²) in [5.41, 5.74) is 0. The van der Waals surface area contributed by atoms with Crippen molar-refractivity contribution in [2.24, 2.45) is 0 Å². The molecule has 2 nitrogen and oxygen atoms in total. The molecule has 13 heavy (non-hydrogen) atoms. The van der Waals surface area contributed by atoms with Gasteiger partial charge in [-0.2, -0.15) is 0 Å². The molecule has 0 heterocycles. The Kier molecular flexibility index (Phi) is 9.94. The zero-order valence-electron chi connectivity index (χ0n) is 9.51. The monoisotopic (exact) mass is 187 g/mol. The van der Waals surface area contributed by atoms with Gasteiger partial charge in [0.2, 0.25) is 0 Å². The molecule has 80 valence electrons. The quantitative estimate of drug-likeness (QED) is 0.514. The average molecular weight is 187 g/mol. The first kappa shape index (κ1) is 12.9. The maximum Gasteiger partial charge on any atom is 0.0593 e. The minimum absolute atomic E-state index is 0.876. The van der Waals surface area contributed by atoms with Crippen LogP contribution in [0.1, 0.15) is 39.0 Å². The molecule has 0 saturated heterocycles. The maximum atomic E-state index is 5.48. The predicted octanol–water partition coefficient (Wildman–Crippen LogP) is 2.54. The van der Waals surface area contributed by atoms with Gasteiger partial charge in [0, 0.05) is 13.2 Å². The van der Waals surface area contributed by atoms with Crippen LogP contribution < -0.4 is 0 Å². The summed E-state index contributed by atoms with van der Waals surface area (Å²) in [7, 11) is 4.15. The summed E-state index contributed by atoms with van der Waals surface area (Å²) in [4.78, 5) is 2.15. The van der Waals surface area contributed by atoms with Crippen molar-refractivity contribution in [2.75, 3.05) is 33.9 Å². The Morgan fingerprint density at radius 2 is 1.62 bits per heavy atom. The minimum Gasteiger partial charge on any atom is -0.380 e. The van der Waals surface area contributed by atoms with Crippen LogP contribution in [0.25, 0.3) is 0 Å². The summed E-state index contributed by atoms with van der Waals surface area (Å²) in [5, 5.41) is 0. The second-order valence-electron chi connectivity index (χ2n) is 3.83. The summed E-state index contributed by atoms with van der Waals surface area (Å²) in [6, 6.07) is 0. The van der Waals surface area contributed by atoms with E-state index in [1.807, 2.05) is 0 Å². The lowest BCUT2D eigenvalue weighted by molar-refractivity contribution is 0.114. The molecule has 0 fully saturated rings. The van der Waals surface area contributed by atoms with Gasteiger partial charge < -0.3 is 9.64 Å². The molecule has 0 aromatic carbocycles. The fourth-order valence-corrected chi connectivity index (χ4v) is 1.16. The van der Waals surface area contributed by atoms with Gasteiger partial charge in [0.05, 0.1) is 6.61 Å². The highest BCUT2D eigenvalue weighted by molar-refractivity contribution is 4.43. The SMILES string of the molecule is CCCCCCCOCCN(C)C. The van der Waals surface area contributed by atoms with E-state index in [0.29, 0.717) is 0 Å². The van der Waals surface area contributed by atoms with Gasteiger partial charge in [0.15, 0.2) is 0 Å². The molecule has 0 N–H and O–H groups in total. The molecule has 0 aliphatic carbocycles. The van der Waals surface area contributed by atoms with Crippen LogP contribution in [0.4, 0.5) is 0 Å². The van der Waals surface area contributed by atoms with E-state index in [-0.39, 0.29) is 0 Å². The van der Waals surface area contributed by atoms with Crippen molar-refractivity contribution >= 4 is 0 Å². The molecule has 0 atom stereocenters. The van der Waals surface area contributed by atoms with Crippen LogP contribution in [0.15, 0.2) is 0 Å². The average Bonchev–Trinajstić information content (AvgIpc) is 2.09. The Bertz CT molecular complexity index is 94.1. The molecule has 0 rings (SSSR count). The fourth-order valence-electron chi connectivity index (χ4n) is 1.16. The third-order valence-corrected chi connectivity index (χ3v) is 2.08. The summed E-state index contributed by atoms with van der Waals surface area (Å²) in [6.45, 7) is 5.10. The Balaban J connectivity index is 2.84. The Labute approximate surface area is 83.3 Å². The van der Waals surface area contributed by atoms with Gasteiger partial charge in [0.1, 0.15) is 0 Å². The van der Waals surface area contributed by atoms with Crippen LogP contribution in [0, 0.1) is 0 Å². The molecule has 0 aromatic rings. The summed E-state index contributed by atoms with van der Waals surface area (Å²) in [5.74, 6) is 0. The van der Waals surface area contributed by atoms with Crippen molar-refractivity contribution in [3.05, 3.63) is 0 Å². The van der Waals surface area contributed by atoms with Gasteiger partial charge >= 0.3 is 0 Å². The molecule has 0 amide bonds. The van der Waals surface area contributed by atoms with Crippen molar-refractivity contribution in [2.45, 2.75) is 39.0 Å². The number of unbranched alkanes of at least 4 members (excludes halogenated alkanes) is 4. The van der Waals surface area contributed by atoms with Gasteiger partial charge in [-0.25, -0.2) is 0 Å². The molecule has 0 radical (unpaired) electrons. The highest BCUT2D eigenvalue weighted by atomic mass is 16.5. The zero-order valence-corrected chi connectivity index (χ0v) is 9.51. The van der Waals surface area contributed by atoms with Crippen molar-refractivity contribution < 1.29 is 4.74 Å². The van der Waals surface area contributed by atoms with Crippen molar-refractivity contribution in [3.8, 4) is 0 Å². The lowest BCUT2D eigenvalue weighted by Crippen LogP contribution is -2.18. The third-order valence-electron chi connectivity index (χ3n) is 2.08. The van der Waals surface area contributed by atoms with E-state index in [0.717, 1.165) is 19.8 Å². The van der Waals surface area contributed by atoms with Crippen LogP contribution in [0.2, 0.25) is 0 Å². The van der Waals surface area contributed by atoms with Crippen molar-refractivity contribution in [1.82, 2.24) is 4.90 Å².